The average molecular weight is 411 g/mol. The van der Waals surface area contributed by atoms with E-state index in [9.17, 15) is 5.26 Å². The lowest BCUT2D eigenvalue weighted by atomic mass is 9.86. The van der Waals surface area contributed by atoms with Crippen molar-refractivity contribution in [2.24, 2.45) is 10.9 Å². The summed E-state index contributed by atoms with van der Waals surface area (Å²) in [5, 5.41) is 13.5. The third-order valence-electron chi connectivity index (χ3n) is 5.53. The molecule has 154 valence electrons. The number of nitrogens with zero attached hydrogens (tertiary/aromatic N) is 3. The Balaban J connectivity index is 1.88. The highest BCUT2D eigenvalue weighted by atomic mass is 32.1. The standard InChI is InChI=1S/C23H30N4OS/c1-14(2)22(25-5)26-19-11-16(4)20(12-15(19)3)28-23-18(13-24)21(27-29-23)17-9-7-6-8-10-17/h11-12,14,17H,6-10H2,1-5H3,(H,25,26). The summed E-state index contributed by atoms with van der Waals surface area (Å²) in [4.78, 5) is 4.77. The zero-order valence-corrected chi connectivity index (χ0v) is 18.8. The second-order valence-electron chi connectivity index (χ2n) is 8.09. The third kappa shape index (κ3) is 4.79. The van der Waals surface area contributed by atoms with Crippen LogP contribution in [0.3, 0.4) is 0 Å². The highest BCUT2D eigenvalue weighted by molar-refractivity contribution is 7.08. The number of nitriles is 1. The van der Waals surface area contributed by atoms with E-state index in [2.05, 4.69) is 29.6 Å². The number of rotatable bonds is 5. The van der Waals surface area contributed by atoms with E-state index < -0.39 is 0 Å². The molecule has 0 unspecified atom stereocenters. The van der Waals surface area contributed by atoms with Gasteiger partial charge >= 0.3 is 0 Å². The predicted octanol–water partition coefficient (Wildman–Crippen LogP) is 6.38. The van der Waals surface area contributed by atoms with E-state index in [1.807, 2.05) is 33.0 Å². The zero-order chi connectivity index (χ0) is 21.0. The van der Waals surface area contributed by atoms with Crippen LogP contribution in [0.15, 0.2) is 17.1 Å². The monoisotopic (exact) mass is 410 g/mol. The fourth-order valence-corrected chi connectivity index (χ4v) is 4.61. The minimum atomic E-state index is 0.323. The maximum absolute atomic E-state index is 9.76. The minimum Gasteiger partial charge on any atom is -0.443 e. The van der Waals surface area contributed by atoms with Crippen LogP contribution in [0.5, 0.6) is 10.8 Å². The molecule has 29 heavy (non-hydrogen) atoms. The first-order chi connectivity index (χ1) is 13.9. The van der Waals surface area contributed by atoms with Crippen LogP contribution < -0.4 is 10.1 Å². The average Bonchev–Trinajstić information content (AvgIpc) is 3.12. The van der Waals surface area contributed by atoms with Crippen molar-refractivity contribution in [3.63, 3.8) is 0 Å². The first kappa shape index (κ1) is 21.3. The molecule has 1 aromatic heterocycles. The summed E-state index contributed by atoms with van der Waals surface area (Å²) in [7, 11) is 1.90. The molecule has 0 saturated heterocycles. The number of nitrogens with one attached hydrogen (secondary N) is 1. The Hall–Kier alpha value is -2.39. The summed E-state index contributed by atoms with van der Waals surface area (Å²) in [5.41, 5.74) is 4.50. The molecule has 0 radical (unpaired) electrons. The number of amidine groups is 1. The van der Waals surface area contributed by atoms with Gasteiger partial charge in [-0.2, -0.15) is 9.64 Å². The van der Waals surface area contributed by atoms with Crippen molar-refractivity contribution < 1.29 is 4.74 Å². The van der Waals surface area contributed by atoms with Gasteiger partial charge in [-0.15, -0.1) is 0 Å². The summed E-state index contributed by atoms with van der Waals surface area (Å²) < 4.78 is 10.8. The summed E-state index contributed by atoms with van der Waals surface area (Å²) >= 11 is 1.29. The summed E-state index contributed by atoms with van der Waals surface area (Å²) in [6, 6.07) is 6.39. The summed E-state index contributed by atoms with van der Waals surface area (Å²) in [5.74, 6) is 2.42. The van der Waals surface area contributed by atoms with Gasteiger partial charge in [0, 0.05) is 30.4 Å². The molecule has 6 heteroatoms. The number of hydrogen-bond acceptors (Lipinski definition) is 5. The molecule has 1 heterocycles. The van der Waals surface area contributed by atoms with Crippen molar-refractivity contribution >= 4 is 23.1 Å². The summed E-state index contributed by atoms with van der Waals surface area (Å²) in [6.07, 6.45) is 5.95. The predicted molar refractivity (Wildman–Crippen MR) is 120 cm³/mol. The lowest BCUT2D eigenvalue weighted by Crippen LogP contribution is -2.23. The Bertz CT molecular complexity index is 933. The molecule has 1 aliphatic rings. The molecule has 2 aromatic rings. The topological polar surface area (TPSA) is 70.3 Å². The fourth-order valence-electron chi connectivity index (χ4n) is 3.82. The maximum Gasteiger partial charge on any atom is 0.218 e. The van der Waals surface area contributed by atoms with Gasteiger partial charge in [0.15, 0.2) is 0 Å². The maximum atomic E-state index is 9.76. The van der Waals surface area contributed by atoms with Crippen molar-refractivity contribution in [3.8, 4) is 16.9 Å². The van der Waals surface area contributed by atoms with E-state index in [0.717, 1.165) is 46.9 Å². The molecule has 0 spiro atoms. The Morgan fingerprint density at radius 1 is 1.24 bits per heavy atom. The van der Waals surface area contributed by atoms with E-state index in [1.54, 1.807) is 0 Å². The van der Waals surface area contributed by atoms with Gasteiger partial charge in [-0.3, -0.25) is 0 Å². The molecular formula is C23H30N4OS. The van der Waals surface area contributed by atoms with Crippen LogP contribution in [-0.4, -0.2) is 17.3 Å². The lowest BCUT2D eigenvalue weighted by molar-refractivity contribution is 0.436. The quantitative estimate of drug-likeness (QED) is 0.459. The van der Waals surface area contributed by atoms with Crippen molar-refractivity contribution in [1.82, 2.24) is 9.69 Å². The van der Waals surface area contributed by atoms with E-state index in [1.165, 1.54) is 30.8 Å². The number of hydrogen-bond donors (Lipinski definition) is 1. The molecule has 0 atom stereocenters. The Morgan fingerprint density at radius 3 is 2.59 bits per heavy atom. The first-order valence-corrected chi connectivity index (χ1v) is 11.2. The Kier molecular flexibility index (Phi) is 6.92. The van der Waals surface area contributed by atoms with E-state index in [4.69, 9.17) is 9.73 Å². The number of aromatic nitrogens is 1. The Morgan fingerprint density at radius 2 is 1.97 bits per heavy atom. The molecular weight excluding hydrogens is 380 g/mol. The van der Waals surface area contributed by atoms with Gasteiger partial charge in [-0.05, 0) is 49.9 Å². The minimum absolute atomic E-state index is 0.323. The molecule has 1 aromatic carbocycles. The van der Waals surface area contributed by atoms with Gasteiger partial charge < -0.3 is 10.1 Å². The summed E-state index contributed by atoms with van der Waals surface area (Å²) in [6.45, 7) is 8.28. The smallest absolute Gasteiger partial charge is 0.218 e. The first-order valence-electron chi connectivity index (χ1n) is 10.4. The van der Waals surface area contributed by atoms with Gasteiger partial charge in [0.1, 0.15) is 23.2 Å². The highest BCUT2D eigenvalue weighted by Gasteiger charge is 2.25. The molecule has 0 aliphatic heterocycles. The number of aryl methyl sites for hydroxylation is 2. The molecule has 1 aliphatic carbocycles. The van der Waals surface area contributed by atoms with E-state index in [0.29, 0.717) is 22.5 Å². The second kappa shape index (κ2) is 9.41. The second-order valence-corrected chi connectivity index (χ2v) is 8.82. The lowest BCUT2D eigenvalue weighted by Gasteiger charge is -2.19. The highest BCUT2D eigenvalue weighted by Crippen LogP contribution is 2.41. The molecule has 1 saturated carbocycles. The molecule has 0 bridgehead atoms. The van der Waals surface area contributed by atoms with Gasteiger partial charge in [-0.1, -0.05) is 33.1 Å². The van der Waals surface area contributed by atoms with Crippen LogP contribution in [0.2, 0.25) is 0 Å². The fraction of sp³-hybridized carbons (Fsp3) is 0.522. The third-order valence-corrected chi connectivity index (χ3v) is 6.27. The van der Waals surface area contributed by atoms with E-state index in [-0.39, 0.29) is 0 Å². The van der Waals surface area contributed by atoms with Crippen LogP contribution in [-0.2, 0) is 0 Å². The molecule has 5 nitrogen and oxygen atoms in total. The van der Waals surface area contributed by atoms with Crippen molar-refractivity contribution in [2.75, 3.05) is 7.05 Å². The molecule has 1 fully saturated rings. The SMILES string of the molecule is CNC(=Nc1cc(C)c(Oc2snc(C3CCCCC3)c2C#N)cc1C)C(C)C. The van der Waals surface area contributed by atoms with Crippen LogP contribution in [0.1, 0.15) is 74.3 Å². The van der Waals surface area contributed by atoms with Gasteiger partial charge in [-0.25, -0.2) is 4.99 Å². The van der Waals surface area contributed by atoms with Crippen LogP contribution in [0, 0.1) is 31.1 Å². The van der Waals surface area contributed by atoms with Gasteiger partial charge in [0.25, 0.3) is 0 Å². The largest absolute Gasteiger partial charge is 0.443 e. The normalized spacial score (nSPS) is 15.4. The van der Waals surface area contributed by atoms with Crippen LogP contribution >= 0.6 is 11.5 Å². The molecule has 0 amide bonds. The number of benzene rings is 1. The zero-order valence-electron chi connectivity index (χ0n) is 18.0. The van der Waals surface area contributed by atoms with Crippen LogP contribution in [0.25, 0.3) is 0 Å². The van der Waals surface area contributed by atoms with Crippen molar-refractivity contribution in [1.29, 1.82) is 5.26 Å². The van der Waals surface area contributed by atoms with Crippen molar-refractivity contribution in [3.05, 3.63) is 34.5 Å². The van der Waals surface area contributed by atoms with Gasteiger partial charge in [0.05, 0.1) is 11.4 Å². The van der Waals surface area contributed by atoms with Gasteiger partial charge in [0.2, 0.25) is 5.06 Å². The molecule has 3 rings (SSSR count). The van der Waals surface area contributed by atoms with Crippen molar-refractivity contribution in [2.45, 2.75) is 65.7 Å². The Labute approximate surface area is 178 Å². The number of aliphatic imine (C=N–C) groups is 1. The van der Waals surface area contributed by atoms with E-state index >= 15 is 0 Å². The number of ether oxygens (including phenoxy) is 1. The van der Waals surface area contributed by atoms with Crippen LogP contribution in [0.4, 0.5) is 5.69 Å². The molecule has 1 N–H and O–H groups in total.